The Balaban J connectivity index is 1.37. The standard InChI is InChI=1S/C25H33F3N8O2S/c1-5-6-16-11-17-19(34-9-10-36-18(14-34)32-33-21(36)25(26,27)28)30-22(31-20(17)39-16)35-8-7-15(13-35)12-29-23(37)38-24(2,3)4/h11,15H,5-10,12-14H2,1-4H3,(H,29,37)/t15-/m1/s1. The van der Waals surface area contributed by atoms with Gasteiger partial charge >= 0.3 is 12.3 Å². The van der Waals surface area contributed by atoms with Crippen LogP contribution in [0.25, 0.3) is 10.2 Å². The number of nitrogens with one attached hydrogen (secondary N) is 1. The van der Waals surface area contributed by atoms with E-state index in [-0.39, 0.29) is 24.8 Å². The van der Waals surface area contributed by atoms with Crippen molar-refractivity contribution in [2.24, 2.45) is 5.92 Å². The fourth-order valence-corrected chi connectivity index (χ4v) is 6.09. The number of halogens is 3. The van der Waals surface area contributed by atoms with Crippen molar-refractivity contribution in [2.75, 3.05) is 36.0 Å². The van der Waals surface area contributed by atoms with Crippen molar-refractivity contribution < 1.29 is 22.7 Å². The summed E-state index contributed by atoms with van der Waals surface area (Å²) < 4.78 is 46.5. The van der Waals surface area contributed by atoms with Crippen LogP contribution in [0, 0.1) is 5.92 Å². The summed E-state index contributed by atoms with van der Waals surface area (Å²) in [6.07, 6.45) is -2.20. The monoisotopic (exact) mass is 566 g/mol. The summed E-state index contributed by atoms with van der Waals surface area (Å²) in [5.74, 6) is 0.806. The molecule has 0 bridgehead atoms. The molecule has 2 aliphatic rings. The van der Waals surface area contributed by atoms with Crippen LogP contribution in [0.4, 0.5) is 29.7 Å². The van der Waals surface area contributed by atoms with E-state index in [1.165, 1.54) is 4.88 Å². The van der Waals surface area contributed by atoms with Crippen LogP contribution in [0.5, 0.6) is 0 Å². The van der Waals surface area contributed by atoms with Crippen molar-refractivity contribution in [1.82, 2.24) is 30.0 Å². The Morgan fingerprint density at radius 1 is 1.15 bits per heavy atom. The number of thiophene rings is 1. The zero-order chi connectivity index (χ0) is 27.9. The molecule has 0 saturated carbocycles. The van der Waals surface area contributed by atoms with Crippen molar-refractivity contribution in [1.29, 1.82) is 0 Å². The molecule has 0 spiro atoms. The molecule has 212 valence electrons. The van der Waals surface area contributed by atoms with Gasteiger partial charge in [0.15, 0.2) is 5.82 Å². The number of ether oxygens (including phenoxy) is 1. The number of amides is 1. The number of hydrogen-bond donors (Lipinski definition) is 1. The topological polar surface area (TPSA) is 101 Å². The van der Waals surface area contributed by atoms with E-state index in [1.54, 1.807) is 11.3 Å². The zero-order valence-electron chi connectivity index (χ0n) is 22.5. The Labute approximate surface area is 228 Å². The van der Waals surface area contributed by atoms with Crippen LogP contribution in [0.1, 0.15) is 57.1 Å². The molecular weight excluding hydrogens is 533 g/mol. The third-order valence-corrected chi connectivity index (χ3v) is 7.81. The summed E-state index contributed by atoms with van der Waals surface area (Å²) >= 11 is 1.63. The van der Waals surface area contributed by atoms with Crippen molar-refractivity contribution in [3.05, 3.63) is 22.6 Å². The lowest BCUT2D eigenvalue weighted by molar-refractivity contribution is -0.147. The van der Waals surface area contributed by atoms with Gasteiger partial charge in [-0.05, 0) is 45.6 Å². The van der Waals surface area contributed by atoms with Crippen molar-refractivity contribution in [3.8, 4) is 0 Å². The highest BCUT2D eigenvalue weighted by atomic mass is 32.1. The predicted molar refractivity (Wildman–Crippen MR) is 142 cm³/mol. The van der Waals surface area contributed by atoms with Crippen LogP contribution >= 0.6 is 11.3 Å². The molecule has 14 heteroatoms. The second-order valence-corrected chi connectivity index (χ2v) is 12.1. The Morgan fingerprint density at radius 3 is 2.67 bits per heavy atom. The molecule has 5 rings (SSSR count). The zero-order valence-corrected chi connectivity index (χ0v) is 23.3. The lowest BCUT2D eigenvalue weighted by atomic mass is 10.1. The van der Waals surface area contributed by atoms with E-state index in [0.29, 0.717) is 31.4 Å². The molecule has 0 aromatic carbocycles. The van der Waals surface area contributed by atoms with E-state index < -0.39 is 23.7 Å². The molecule has 1 N–H and O–H groups in total. The first-order valence-corrected chi connectivity index (χ1v) is 14.0. The summed E-state index contributed by atoms with van der Waals surface area (Å²) in [6.45, 7) is 10.1. The first-order valence-electron chi connectivity index (χ1n) is 13.2. The number of fused-ring (bicyclic) bond motifs is 2. The SMILES string of the molecule is CCCc1cc2c(N3CCn4c(nnc4C(F)(F)F)C3)nc(N3CC[C@H](CNC(=O)OC(C)(C)C)C3)nc2s1. The number of hydrogen-bond acceptors (Lipinski definition) is 9. The molecule has 1 saturated heterocycles. The summed E-state index contributed by atoms with van der Waals surface area (Å²) in [4.78, 5) is 28.0. The van der Waals surface area contributed by atoms with Crippen LogP contribution in [0.3, 0.4) is 0 Å². The molecular formula is C25H33F3N8O2S. The molecule has 3 aromatic heterocycles. The number of carbonyl (C=O) groups excluding carboxylic acids is 1. The lowest BCUT2D eigenvalue weighted by Crippen LogP contribution is -2.36. The molecule has 0 unspecified atom stereocenters. The number of alkyl halides is 3. The molecule has 1 atom stereocenters. The smallest absolute Gasteiger partial charge is 0.444 e. The molecule has 3 aromatic rings. The quantitative estimate of drug-likeness (QED) is 0.461. The molecule has 2 aliphatic heterocycles. The van der Waals surface area contributed by atoms with Gasteiger partial charge in [0, 0.05) is 37.6 Å². The third-order valence-electron chi connectivity index (χ3n) is 6.72. The lowest BCUT2D eigenvalue weighted by Gasteiger charge is -2.30. The maximum atomic E-state index is 13.3. The second kappa shape index (κ2) is 10.4. The average Bonchev–Trinajstić information content (AvgIpc) is 3.58. The average molecular weight is 567 g/mol. The number of aromatic nitrogens is 5. The molecule has 39 heavy (non-hydrogen) atoms. The van der Waals surface area contributed by atoms with Crippen LogP contribution < -0.4 is 15.1 Å². The first-order chi connectivity index (χ1) is 18.4. The van der Waals surface area contributed by atoms with Crippen LogP contribution in [0.15, 0.2) is 6.07 Å². The Hall–Kier alpha value is -3.16. The molecule has 0 radical (unpaired) electrons. The highest BCUT2D eigenvalue weighted by Gasteiger charge is 2.40. The fraction of sp³-hybridized carbons (Fsp3) is 0.640. The van der Waals surface area contributed by atoms with Gasteiger partial charge in [0.25, 0.3) is 0 Å². The van der Waals surface area contributed by atoms with Gasteiger partial charge in [-0.25, -0.2) is 9.78 Å². The maximum absolute atomic E-state index is 13.3. The van der Waals surface area contributed by atoms with Gasteiger partial charge in [-0.15, -0.1) is 21.5 Å². The minimum absolute atomic E-state index is 0.117. The van der Waals surface area contributed by atoms with Gasteiger partial charge in [0.2, 0.25) is 11.8 Å². The summed E-state index contributed by atoms with van der Waals surface area (Å²) in [6, 6.07) is 2.10. The molecule has 1 amide bonds. The van der Waals surface area contributed by atoms with Crippen LogP contribution in [-0.4, -0.2) is 62.6 Å². The van der Waals surface area contributed by atoms with E-state index in [1.807, 2.05) is 25.7 Å². The van der Waals surface area contributed by atoms with Crippen LogP contribution in [-0.2, 0) is 30.4 Å². The molecule has 1 fully saturated rings. The number of rotatable bonds is 6. The van der Waals surface area contributed by atoms with E-state index >= 15 is 0 Å². The molecule has 10 nitrogen and oxygen atoms in total. The van der Waals surface area contributed by atoms with Crippen molar-refractivity contribution >= 4 is 39.4 Å². The number of aryl methyl sites for hydroxylation is 1. The summed E-state index contributed by atoms with van der Waals surface area (Å²) in [5, 5.41) is 11.0. The number of carbonyl (C=O) groups is 1. The Morgan fingerprint density at radius 2 is 1.95 bits per heavy atom. The first kappa shape index (κ1) is 27.4. The van der Waals surface area contributed by atoms with Gasteiger partial charge in [-0.1, -0.05) is 13.3 Å². The largest absolute Gasteiger partial charge is 0.451 e. The summed E-state index contributed by atoms with van der Waals surface area (Å²) in [7, 11) is 0. The highest BCUT2D eigenvalue weighted by Crippen LogP contribution is 2.36. The summed E-state index contributed by atoms with van der Waals surface area (Å²) in [5.41, 5.74) is -0.557. The van der Waals surface area contributed by atoms with E-state index in [4.69, 9.17) is 14.7 Å². The molecule has 0 aliphatic carbocycles. The minimum Gasteiger partial charge on any atom is -0.444 e. The number of anilines is 2. The maximum Gasteiger partial charge on any atom is 0.451 e. The third kappa shape index (κ3) is 6.04. The minimum atomic E-state index is -4.55. The predicted octanol–water partition coefficient (Wildman–Crippen LogP) is 4.63. The number of alkyl carbamates (subject to hydrolysis) is 1. The second-order valence-electron chi connectivity index (χ2n) is 11.0. The van der Waals surface area contributed by atoms with Gasteiger partial charge < -0.3 is 24.4 Å². The van der Waals surface area contributed by atoms with Gasteiger partial charge in [0.1, 0.15) is 16.2 Å². The Bertz CT molecular complexity index is 1350. The van der Waals surface area contributed by atoms with E-state index in [9.17, 15) is 18.0 Å². The van der Waals surface area contributed by atoms with Gasteiger partial charge in [-0.2, -0.15) is 18.2 Å². The van der Waals surface area contributed by atoms with Crippen molar-refractivity contribution in [2.45, 2.75) is 71.8 Å². The van der Waals surface area contributed by atoms with E-state index in [2.05, 4.69) is 33.4 Å². The van der Waals surface area contributed by atoms with Gasteiger partial charge in [-0.3, -0.25) is 0 Å². The fourth-order valence-electron chi connectivity index (χ4n) is 4.97. The normalized spacial score (nSPS) is 18.1. The Kier molecular flexibility index (Phi) is 7.33. The van der Waals surface area contributed by atoms with Gasteiger partial charge in [0.05, 0.1) is 11.9 Å². The molecule has 5 heterocycles. The number of nitrogens with zero attached hydrogens (tertiary/aromatic N) is 7. The van der Waals surface area contributed by atoms with E-state index in [0.717, 1.165) is 40.6 Å². The van der Waals surface area contributed by atoms with Crippen LogP contribution in [0.2, 0.25) is 0 Å². The van der Waals surface area contributed by atoms with Crippen molar-refractivity contribution in [3.63, 3.8) is 0 Å². The highest BCUT2D eigenvalue weighted by molar-refractivity contribution is 7.18.